The molecule has 46 heavy (non-hydrogen) atoms. The van der Waals surface area contributed by atoms with Crippen LogP contribution in [0, 0.1) is 24.0 Å². The molecule has 0 amide bonds. The first-order valence-corrected chi connectivity index (χ1v) is 19.3. The molecule has 0 aliphatic heterocycles. The minimum Gasteiger partial charge on any atom is -0.486 e. The van der Waals surface area contributed by atoms with Gasteiger partial charge in [0.25, 0.3) is 0 Å². The SMILES string of the molecule is Fc1ccc2c(n1)oc1c[c-]c(-c3cc(CC4CCCC4)ccn3)cc12.[2H]C(C)(C)c1cc(-c2[c-]cccc2)ncc1[Si](C)(C)C.[Ir]. The smallest absolute Gasteiger partial charge is 0.218 e. The normalized spacial score (nSPS) is 14.1. The zero-order valence-electron chi connectivity index (χ0n) is 28.1. The molecule has 1 saturated carbocycles. The Hall–Kier alpha value is -3.51. The first kappa shape index (κ1) is 32.4. The number of halogens is 1. The summed E-state index contributed by atoms with van der Waals surface area (Å²) in [6.45, 7) is 10.8. The number of rotatable bonds is 6. The molecule has 0 N–H and O–H groups in total. The predicted octanol–water partition coefficient (Wildman–Crippen LogP) is 9.93. The van der Waals surface area contributed by atoms with Crippen LogP contribution in [-0.2, 0) is 26.5 Å². The van der Waals surface area contributed by atoms with Crippen LogP contribution >= 0.6 is 0 Å². The number of benzene rings is 2. The Kier molecular flexibility index (Phi) is 10.2. The third-order valence-electron chi connectivity index (χ3n) is 8.57. The van der Waals surface area contributed by atoms with Gasteiger partial charge < -0.3 is 14.4 Å². The van der Waals surface area contributed by atoms with E-state index in [9.17, 15) is 4.39 Å². The second-order valence-corrected chi connectivity index (χ2v) is 18.3. The number of fused-ring (bicyclic) bond motifs is 3. The van der Waals surface area contributed by atoms with Crippen LogP contribution in [0.1, 0.15) is 57.9 Å². The maximum absolute atomic E-state index is 13.3. The number of hydrogen-bond acceptors (Lipinski definition) is 4. The van der Waals surface area contributed by atoms with Crippen LogP contribution in [-0.4, -0.2) is 23.0 Å². The second kappa shape index (κ2) is 14.5. The van der Waals surface area contributed by atoms with Crippen molar-refractivity contribution < 1.29 is 30.3 Å². The van der Waals surface area contributed by atoms with Gasteiger partial charge in [-0.15, -0.1) is 59.7 Å². The van der Waals surface area contributed by atoms with Crippen molar-refractivity contribution in [3.63, 3.8) is 0 Å². The van der Waals surface area contributed by atoms with Crippen molar-refractivity contribution in [1.82, 2.24) is 15.0 Å². The van der Waals surface area contributed by atoms with Crippen molar-refractivity contribution in [3.8, 4) is 22.5 Å². The molecule has 239 valence electrons. The first-order valence-electron chi connectivity index (χ1n) is 16.3. The van der Waals surface area contributed by atoms with Gasteiger partial charge in [0.2, 0.25) is 11.7 Å². The van der Waals surface area contributed by atoms with Gasteiger partial charge in [0.05, 0.1) is 13.7 Å². The molecule has 7 heteroatoms. The van der Waals surface area contributed by atoms with E-state index in [-0.39, 0.29) is 20.1 Å². The summed E-state index contributed by atoms with van der Waals surface area (Å²) in [4.78, 5) is 13.0. The molecule has 1 aliphatic rings. The van der Waals surface area contributed by atoms with Crippen LogP contribution in [0.25, 0.3) is 44.6 Å². The molecule has 4 aromatic heterocycles. The number of pyridine rings is 3. The molecule has 0 unspecified atom stereocenters. The monoisotopic (exact) mass is 807 g/mol. The molecule has 4 heterocycles. The Balaban J connectivity index is 0.000000188. The first-order chi connectivity index (χ1) is 22.0. The Labute approximate surface area is 287 Å². The van der Waals surface area contributed by atoms with Crippen molar-refractivity contribution in [2.75, 3.05) is 0 Å². The minimum atomic E-state index is -1.50. The van der Waals surface area contributed by atoms with Gasteiger partial charge in [-0.1, -0.05) is 87.8 Å². The standard InChI is InChI=1S/C22H18FN2O.C17H22NSi.Ir/c23-21-8-6-17-18-13-16(5-7-20(18)26-22(17)25-21)19-12-15(9-10-24-19)11-14-3-1-2-4-14;1-13(2)15-11-16(14-9-7-6-8-10-14)18-12-17(15)19(3,4)5;/h6-10,12-14H,1-4,11H2;6-9,11-13H,1-5H3;/q2*-1;/i;13D;. The zero-order valence-corrected chi connectivity index (χ0v) is 30.5. The van der Waals surface area contributed by atoms with E-state index in [0.29, 0.717) is 11.3 Å². The van der Waals surface area contributed by atoms with Gasteiger partial charge in [-0.25, -0.2) is 0 Å². The van der Waals surface area contributed by atoms with E-state index >= 15 is 0 Å². The minimum absolute atomic E-state index is 0. The van der Waals surface area contributed by atoms with Crippen LogP contribution in [0.4, 0.5) is 4.39 Å². The van der Waals surface area contributed by atoms with E-state index in [1.807, 2.05) is 56.6 Å². The summed E-state index contributed by atoms with van der Waals surface area (Å²) in [5.74, 6) is -0.347. The molecular weight excluding hydrogens is 766 g/mol. The molecule has 4 nitrogen and oxygen atoms in total. The Bertz CT molecular complexity index is 1980. The van der Waals surface area contributed by atoms with Crippen molar-refractivity contribution >= 4 is 35.3 Å². The van der Waals surface area contributed by atoms with Crippen LogP contribution in [0.15, 0.2) is 83.5 Å². The summed E-state index contributed by atoms with van der Waals surface area (Å²) in [5.41, 5.74) is 7.11. The summed E-state index contributed by atoms with van der Waals surface area (Å²) in [6, 6.07) is 27.5. The van der Waals surface area contributed by atoms with Gasteiger partial charge in [-0.2, -0.15) is 9.37 Å². The molecule has 0 bridgehead atoms. The average Bonchev–Trinajstić information content (AvgIpc) is 3.67. The zero-order chi connectivity index (χ0) is 32.5. The van der Waals surface area contributed by atoms with Gasteiger partial charge in [0.1, 0.15) is 0 Å². The topological polar surface area (TPSA) is 51.8 Å². The molecule has 1 fully saturated rings. The molecular formula is C39H40FIrN3OSi-2. The van der Waals surface area contributed by atoms with E-state index in [0.717, 1.165) is 51.2 Å². The van der Waals surface area contributed by atoms with Gasteiger partial charge in [0, 0.05) is 39.3 Å². The summed E-state index contributed by atoms with van der Waals surface area (Å²) < 4.78 is 27.4. The third-order valence-corrected chi connectivity index (χ3v) is 10.6. The molecule has 7 rings (SSSR count). The number of furan rings is 1. The summed E-state index contributed by atoms with van der Waals surface area (Å²) in [5, 5.41) is 2.99. The van der Waals surface area contributed by atoms with Crippen molar-refractivity contribution in [3.05, 3.63) is 108 Å². The molecule has 6 aromatic rings. The van der Waals surface area contributed by atoms with Gasteiger partial charge in [-0.05, 0) is 53.0 Å². The summed E-state index contributed by atoms with van der Waals surface area (Å²) >= 11 is 0. The molecule has 2 aromatic carbocycles. The second-order valence-electron chi connectivity index (χ2n) is 13.3. The van der Waals surface area contributed by atoms with Crippen LogP contribution in [0.5, 0.6) is 0 Å². The third kappa shape index (κ3) is 7.71. The van der Waals surface area contributed by atoms with E-state index < -0.39 is 19.9 Å². The Morgan fingerprint density at radius 3 is 2.46 bits per heavy atom. The van der Waals surface area contributed by atoms with Crippen LogP contribution in [0.2, 0.25) is 19.6 Å². The Morgan fingerprint density at radius 1 is 0.957 bits per heavy atom. The van der Waals surface area contributed by atoms with Crippen molar-refractivity contribution in [2.45, 2.75) is 71.5 Å². The quantitative estimate of drug-likeness (QED) is 0.0956. The molecule has 0 saturated heterocycles. The van der Waals surface area contributed by atoms with Crippen molar-refractivity contribution in [1.29, 1.82) is 0 Å². The van der Waals surface area contributed by atoms with E-state index in [4.69, 9.17) is 5.79 Å². The maximum Gasteiger partial charge on any atom is 0.218 e. The van der Waals surface area contributed by atoms with Crippen LogP contribution in [0.3, 0.4) is 0 Å². The molecule has 0 atom stereocenters. The van der Waals surface area contributed by atoms with Gasteiger partial charge in [0.15, 0.2) is 0 Å². The van der Waals surface area contributed by atoms with Crippen molar-refractivity contribution in [2.24, 2.45) is 5.92 Å². The predicted molar refractivity (Wildman–Crippen MR) is 185 cm³/mol. The number of hydrogen-bond donors (Lipinski definition) is 0. The van der Waals surface area contributed by atoms with Crippen LogP contribution < -0.4 is 5.19 Å². The fourth-order valence-electron chi connectivity index (χ4n) is 6.19. The van der Waals surface area contributed by atoms with Gasteiger partial charge in [-0.3, -0.25) is 0 Å². The number of nitrogens with zero attached hydrogens (tertiary/aromatic N) is 3. The number of aromatic nitrogens is 3. The Morgan fingerprint density at radius 2 is 1.74 bits per heavy atom. The van der Waals surface area contributed by atoms with E-state index in [2.05, 4.69) is 64.9 Å². The molecule has 1 aliphatic carbocycles. The molecule has 0 spiro atoms. The maximum atomic E-state index is 13.3. The van der Waals surface area contributed by atoms with E-state index in [1.165, 1.54) is 42.5 Å². The van der Waals surface area contributed by atoms with E-state index in [1.54, 1.807) is 12.1 Å². The summed E-state index contributed by atoms with van der Waals surface area (Å²) in [6.07, 6.45) is 10.4. The average molecular weight is 807 g/mol. The fraction of sp³-hybridized carbons (Fsp3) is 0.308. The summed E-state index contributed by atoms with van der Waals surface area (Å²) in [7, 11) is -1.50. The largest absolute Gasteiger partial charge is 0.486 e. The van der Waals surface area contributed by atoms with Gasteiger partial charge >= 0.3 is 0 Å². The fourth-order valence-corrected chi connectivity index (χ4v) is 7.77. The molecule has 1 radical (unpaired) electrons.